The van der Waals surface area contributed by atoms with Crippen LogP contribution in [0.15, 0.2) is 46.1 Å². The highest BCUT2D eigenvalue weighted by atomic mass is 16.2. The Hall–Kier alpha value is -2.14. The smallest absolute Gasteiger partial charge is 0.322 e. The van der Waals surface area contributed by atoms with Crippen molar-refractivity contribution in [1.82, 2.24) is 9.13 Å². The molecule has 1 unspecified atom stereocenters. The quantitative estimate of drug-likeness (QED) is 0.746. The largest absolute Gasteiger partial charge is 0.330 e. The van der Waals surface area contributed by atoms with Crippen LogP contribution in [0.4, 0.5) is 0 Å². The predicted octanol–water partition coefficient (Wildman–Crippen LogP) is 3.32. The number of quaternary nitrogens is 1. The van der Waals surface area contributed by atoms with Gasteiger partial charge in [-0.2, -0.15) is 0 Å². The zero-order valence-corrected chi connectivity index (χ0v) is 17.4. The first-order valence-corrected chi connectivity index (χ1v) is 10.7. The van der Waals surface area contributed by atoms with Crippen molar-refractivity contribution in [2.45, 2.75) is 65.1 Å². The number of hydrogen-bond donors (Lipinski definition) is 0. The van der Waals surface area contributed by atoms with Gasteiger partial charge >= 0.3 is 5.69 Å². The molecule has 0 saturated carbocycles. The van der Waals surface area contributed by atoms with E-state index in [1.54, 1.807) is 10.8 Å². The normalized spacial score (nSPS) is 21.8. The number of nitrogens with zero attached hydrogens (tertiary/aromatic N) is 3. The minimum absolute atomic E-state index is 0.127. The number of rotatable bonds is 2. The van der Waals surface area contributed by atoms with Crippen LogP contribution in [0.1, 0.15) is 49.7 Å². The monoisotopic (exact) mass is 384 g/mol. The fourth-order valence-corrected chi connectivity index (χ4v) is 4.34. The highest BCUT2D eigenvalue weighted by Gasteiger charge is 2.21. The number of fused-ring (bicyclic) bond motifs is 2. The van der Waals surface area contributed by atoms with Crippen molar-refractivity contribution in [2.75, 3.05) is 20.1 Å². The molecule has 0 fully saturated rings. The number of hydrogen-bond acceptors (Lipinski definition) is 2. The van der Waals surface area contributed by atoms with Gasteiger partial charge in [-0.1, -0.05) is 30.3 Å². The van der Waals surface area contributed by atoms with Crippen molar-refractivity contribution in [1.29, 1.82) is 0 Å². The molecule has 1 aromatic heterocycles. The molecule has 3 rings (SSSR count). The van der Waals surface area contributed by atoms with Crippen LogP contribution in [-0.2, 0) is 19.6 Å². The highest BCUT2D eigenvalue weighted by molar-refractivity contribution is 5.13. The summed E-state index contributed by atoms with van der Waals surface area (Å²) in [4.78, 5) is 25.0. The summed E-state index contributed by atoms with van der Waals surface area (Å²) in [7, 11) is 2.37. The average Bonchev–Trinajstić information content (AvgIpc) is 2.67. The first-order chi connectivity index (χ1) is 13.5. The zero-order chi connectivity index (χ0) is 20.0. The molecule has 1 aromatic carbocycles. The van der Waals surface area contributed by atoms with Crippen LogP contribution >= 0.6 is 0 Å². The lowest BCUT2D eigenvalue weighted by Crippen LogP contribution is -2.45. The average molecular weight is 385 g/mol. The molecule has 152 valence electrons. The van der Waals surface area contributed by atoms with Crippen molar-refractivity contribution in [2.24, 2.45) is 0 Å². The van der Waals surface area contributed by atoms with Gasteiger partial charge in [-0.3, -0.25) is 9.36 Å². The van der Waals surface area contributed by atoms with Crippen molar-refractivity contribution in [3.05, 3.63) is 68.5 Å². The lowest BCUT2D eigenvalue weighted by molar-refractivity contribution is -0.923. The minimum atomic E-state index is -0.141. The molecule has 28 heavy (non-hydrogen) atoms. The van der Waals surface area contributed by atoms with Crippen LogP contribution in [0.5, 0.6) is 0 Å². The summed E-state index contributed by atoms with van der Waals surface area (Å²) in [5, 5.41) is 0. The van der Waals surface area contributed by atoms with Gasteiger partial charge in [-0.05, 0) is 45.4 Å². The molecular formula is C23H34N3O2+. The molecule has 1 atom stereocenters. The van der Waals surface area contributed by atoms with Crippen molar-refractivity contribution in [3.63, 3.8) is 0 Å². The molecule has 2 bridgehead atoms. The first-order valence-electron chi connectivity index (χ1n) is 10.7. The molecule has 1 aliphatic heterocycles. The third-order valence-corrected chi connectivity index (χ3v) is 5.99. The van der Waals surface area contributed by atoms with Crippen molar-refractivity contribution >= 4 is 0 Å². The van der Waals surface area contributed by atoms with Gasteiger partial charge in [0, 0.05) is 30.4 Å². The summed E-state index contributed by atoms with van der Waals surface area (Å²) in [5.41, 5.74) is 1.80. The molecule has 5 heteroatoms. The van der Waals surface area contributed by atoms with Gasteiger partial charge in [0.2, 0.25) is 0 Å². The molecular weight excluding hydrogens is 350 g/mol. The van der Waals surface area contributed by atoms with Gasteiger partial charge in [-0.25, -0.2) is 4.79 Å². The van der Waals surface area contributed by atoms with Crippen LogP contribution < -0.4 is 11.2 Å². The minimum Gasteiger partial charge on any atom is -0.322 e. The number of aromatic nitrogens is 2. The van der Waals surface area contributed by atoms with Gasteiger partial charge in [0.05, 0.1) is 20.1 Å². The maximum atomic E-state index is 12.6. The van der Waals surface area contributed by atoms with Crippen LogP contribution in [0.2, 0.25) is 0 Å². The van der Waals surface area contributed by atoms with E-state index < -0.39 is 0 Å². The molecule has 0 saturated heterocycles. The third-order valence-electron chi connectivity index (χ3n) is 5.99. The fraction of sp³-hybridized carbons (Fsp3) is 0.565. The molecule has 0 spiro atoms. The van der Waals surface area contributed by atoms with Crippen LogP contribution in [0.3, 0.4) is 0 Å². The molecule has 2 aromatic rings. The SMILES string of the molecule is Cc1cn2c(=O)n(c1=O)CCCCC[N+](C)(Cc1ccccc1)CCCCC2. The van der Waals surface area contributed by atoms with Crippen molar-refractivity contribution in [3.8, 4) is 0 Å². The molecule has 0 aliphatic carbocycles. The zero-order valence-electron chi connectivity index (χ0n) is 17.4. The van der Waals surface area contributed by atoms with Crippen LogP contribution in [-0.4, -0.2) is 33.8 Å². The molecule has 0 radical (unpaired) electrons. The van der Waals surface area contributed by atoms with Gasteiger partial charge in [0.15, 0.2) is 0 Å². The third kappa shape index (κ3) is 5.22. The van der Waals surface area contributed by atoms with E-state index in [0.717, 1.165) is 56.1 Å². The summed E-state index contributed by atoms with van der Waals surface area (Å²) in [6.07, 6.45) is 8.03. The lowest BCUT2D eigenvalue weighted by Gasteiger charge is -2.35. The Bertz CT molecular complexity index is 885. The topological polar surface area (TPSA) is 44.0 Å². The van der Waals surface area contributed by atoms with Gasteiger partial charge in [-0.15, -0.1) is 0 Å². The Kier molecular flexibility index (Phi) is 6.89. The van der Waals surface area contributed by atoms with E-state index in [-0.39, 0.29) is 11.2 Å². The van der Waals surface area contributed by atoms with Crippen LogP contribution in [0.25, 0.3) is 0 Å². The molecule has 2 heterocycles. The van der Waals surface area contributed by atoms with E-state index >= 15 is 0 Å². The van der Waals surface area contributed by atoms with E-state index in [1.807, 2.05) is 6.92 Å². The Morgan fingerprint density at radius 2 is 1.54 bits per heavy atom. The van der Waals surface area contributed by atoms with E-state index in [1.165, 1.54) is 16.7 Å². The molecule has 1 aliphatic rings. The van der Waals surface area contributed by atoms with E-state index in [4.69, 9.17) is 0 Å². The standard InChI is InChI=1S/C23H34N3O2/c1-20-18-24-14-8-4-10-16-26(2,19-21-12-6-3-7-13-21)17-11-5-9-15-25(22(20)27)23(24)28/h3,6-7,12-13,18H,4-5,8-11,14-17,19H2,1-2H3/q+1. The maximum absolute atomic E-state index is 12.6. The maximum Gasteiger partial charge on any atom is 0.330 e. The van der Waals surface area contributed by atoms with E-state index in [0.29, 0.717) is 18.7 Å². The first kappa shape index (κ1) is 20.6. The Morgan fingerprint density at radius 1 is 0.893 bits per heavy atom. The second kappa shape index (κ2) is 9.37. The van der Waals surface area contributed by atoms with Gasteiger partial charge in [0.25, 0.3) is 5.56 Å². The van der Waals surface area contributed by atoms with Gasteiger partial charge < -0.3 is 9.05 Å². The summed E-state index contributed by atoms with van der Waals surface area (Å²) in [5.74, 6) is 0. The van der Waals surface area contributed by atoms with E-state index in [2.05, 4.69) is 37.4 Å². The summed E-state index contributed by atoms with van der Waals surface area (Å²) in [6.45, 7) is 6.41. The Balaban J connectivity index is 1.73. The summed E-state index contributed by atoms with van der Waals surface area (Å²) >= 11 is 0. The predicted molar refractivity (Wildman–Crippen MR) is 113 cm³/mol. The van der Waals surface area contributed by atoms with Crippen LogP contribution in [0, 0.1) is 6.92 Å². The highest BCUT2D eigenvalue weighted by Crippen LogP contribution is 2.17. The summed E-state index contributed by atoms with van der Waals surface area (Å²) < 4.78 is 4.24. The second-order valence-electron chi connectivity index (χ2n) is 8.58. The Morgan fingerprint density at radius 3 is 2.21 bits per heavy atom. The summed E-state index contributed by atoms with van der Waals surface area (Å²) in [6, 6.07) is 10.8. The molecule has 0 N–H and O–H groups in total. The lowest BCUT2D eigenvalue weighted by atomic mass is 10.1. The molecule has 5 nitrogen and oxygen atoms in total. The van der Waals surface area contributed by atoms with Gasteiger partial charge in [0.1, 0.15) is 6.54 Å². The fourth-order valence-electron chi connectivity index (χ4n) is 4.34. The number of benzene rings is 1. The van der Waals surface area contributed by atoms with Crippen molar-refractivity contribution < 1.29 is 4.48 Å². The molecule has 0 amide bonds. The van der Waals surface area contributed by atoms with E-state index in [9.17, 15) is 9.59 Å². The second-order valence-corrected chi connectivity index (χ2v) is 8.58. The Labute approximate surface area is 167 Å². The number of aryl methyl sites for hydroxylation is 2.